The molecule has 0 atom stereocenters. The van der Waals surface area contributed by atoms with Crippen molar-refractivity contribution in [2.45, 2.75) is 19.3 Å². The van der Waals surface area contributed by atoms with E-state index in [2.05, 4.69) is 21.9 Å². The van der Waals surface area contributed by atoms with Gasteiger partial charge in [-0.3, -0.25) is 10.3 Å². The van der Waals surface area contributed by atoms with Crippen LogP contribution in [-0.4, -0.2) is 50.6 Å². The van der Waals surface area contributed by atoms with Gasteiger partial charge in [0.25, 0.3) is 0 Å². The third-order valence-electron chi connectivity index (χ3n) is 3.98. The maximum atomic E-state index is 7.22. The predicted molar refractivity (Wildman–Crippen MR) is 87.4 cm³/mol. The summed E-state index contributed by atoms with van der Waals surface area (Å²) in [6.45, 7) is 5.46. The highest BCUT2D eigenvalue weighted by atomic mass is 16.5. The second-order valence-electron chi connectivity index (χ2n) is 5.51. The smallest absolute Gasteiger partial charge is 0.119 e. The molecule has 1 saturated heterocycles. The summed E-state index contributed by atoms with van der Waals surface area (Å²) in [5, 5.41) is 7.22. The molecule has 0 bridgehead atoms. The molecule has 1 aromatic rings. The zero-order valence-corrected chi connectivity index (χ0v) is 12.8. The second kappa shape index (κ2) is 7.88. The van der Waals surface area contributed by atoms with Gasteiger partial charge in [-0.05, 0) is 43.7 Å². The van der Waals surface area contributed by atoms with E-state index in [0.717, 1.165) is 57.7 Å². The molecule has 2 rings (SSSR count). The Hall–Kier alpha value is -1.75. The van der Waals surface area contributed by atoms with Crippen molar-refractivity contribution in [3.63, 3.8) is 0 Å². The molecule has 0 aliphatic carbocycles. The number of benzene rings is 1. The van der Waals surface area contributed by atoms with Crippen molar-refractivity contribution in [2.75, 3.05) is 44.7 Å². The highest BCUT2D eigenvalue weighted by Gasteiger charge is 2.16. The first kappa shape index (κ1) is 15.6. The summed E-state index contributed by atoms with van der Waals surface area (Å²) in [6.07, 6.45) is 2.88. The summed E-state index contributed by atoms with van der Waals surface area (Å²) in [7, 11) is 1.69. The third-order valence-corrected chi connectivity index (χ3v) is 3.98. The van der Waals surface area contributed by atoms with Gasteiger partial charge in [0.2, 0.25) is 0 Å². The van der Waals surface area contributed by atoms with Crippen LogP contribution in [0.2, 0.25) is 0 Å². The maximum absolute atomic E-state index is 7.22. The van der Waals surface area contributed by atoms with E-state index in [1.165, 1.54) is 5.69 Å². The van der Waals surface area contributed by atoms with Crippen LogP contribution in [0.5, 0.6) is 5.75 Å². The minimum atomic E-state index is 0.305. The number of rotatable bonds is 7. The lowest BCUT2D eigenvalue weighted by Gasteiger charge is -2.36. The molecule has 21 heavy (non-hydrogen) atoms. The van der Waals surface area contributed by atoms with E-state index in [1.807, 2.05) is 12.1 Å². The molecule has 0 saturated carbocycles. The Morgan fingerprint density at radius 3 is 2.38 bits per heavy atom. The topological polar surface area (TPSA) is 65.6 Å². The number of nitrogens with one attached hydrogen (secondary N) is 1. The van der Waals surface area contributed by atoms with E-state index in [9.17, 15) is 0 Å². The van der Waals surface area contributed by atoms with Gasteiger partial charge in [0.05, 0.1) is 12.9 Å². The van der Waals surface area contributed by atoms with Gasteiger partial charge in [0.15, 0.2) is 0 Å². The monoisotopic (exact) mass is 290 g/mol. The van der Waals surface area contributed by atoms with Crippen LogP contribution in [0.3, 0.4) is 0 Å². The van der Waals surface area contributed by atoms with Crippen molar-refractivity contribution in [3.8, 4) is 5.75 Å². The molecule has 5 heteroatoms. The van der Waals surface area contributed by atoms with Gasteiger partial charge >= 0.3 is 0 Å². The number of nitrogens with zero attached hydrogens (tertiary/aromatic N) is 2. The first-order chi connectivity index (χ1) is 10.2. The van der Waals surface area contributed by atoms with Gasteiger partial charge in [-0.15, -0.1) is 0 Å². The first-order valence-electron chi connectivity index (χ1n) is 7.63. The SMILES string of the molecule is COc1ccc(N2CCN(CCCCC(=N)N)CC2)cc1. The fraction of sp³-hybridized carbons (Fsp3) is 0.562. The van der Waals surface area contributed by atoms with Crippen molar-refractivity contribution in [1.82, 2.24) is 4.90 Å². The molecule has 0 amide bonds. The highest BCUT2D eigenvalue weighted by molar-refractivity contribution is 5.76. The summed E-state index contributed by atoms with van der Waals surface area (Å²) in [6, 6.07) is 8.29. The third kappa shape index (κ3) is 4.93. The van der Waals surface area contributed by atoms with Crippen LogP contribution in [0, 0.1) is 5.41 Å². The Kier molecular flexibility index (Phi) is 5.87. The molecule has 5 nitrogen and oxygen atoms in total. The molecule has 116 valence electrons. The maximum Gasteiger partial charge on any atom is 0.119 e. The molecule has 1 fully saturated rings. The first-order valence-corrected chi connectivity index (χ1v) is 7.63. The van der Waals surface area contributed by atoms with Gasteiger partial charge in [-0.1, -0.05) is 0 Å². The van der Waals surface area contributed by atoms with E-state index in [-0.39, 0.29) is 0 Å². The Morgan fingerprint density at radius 1 is 1.14 bits per heavy atom. The number of hydrogen-bond donors (Lipinski definition) is 2. The number of piperazine rings is 1. The van der Waals surface area contributed by atoms with E-state index >= 15 is 0 Å². The molecule has 1 heterocycles. The van der Waals surface area contributed by atoms with Crippen LogP contribution in [0.25, 0.3) is 0 Å². The molecular formula is C16H26N4O. The van der Waals surface area contributed by atoms with Crippen molar-refractivity contribution in [3.05, 3.63) is 24.3 Å². The van der Waals surface area contributed by atoms with Crippen molar-refractivity contribution in [2.24, 2.45) is 5.73 Å². The molecule has 3 N–H and O–H groups in total. The van der Waals surface area contributed by atoms with Crippen LogP contribution in [-0.2, 0) is 0 Å². The van der Waals surface area contributed by atoms with Crippen LogP contribution in [0.1, 0.15) is 19.3 Å². The highest BCUT2D eigenvalue weighted by Crippen LogP contribution is 2.20. The zero-order valence-electron chi connectivity index (χ0n) is 12.8. The van der Waals surface area contributed by atoms with Gasteiger partial charge in [0.1, 0.15) is 5.75 Å². The molecule has 0 aromatic heterocycles. The Labute approximate surface area is 127 Å². The van der Waals surface area contributed by atoms with Crippen LogP contribution in [0.4, 0.5) is 5.69 Å². The van der Waals surface area contributed by atoms with Crippen LogP contribution in [0.15, 0.2) is 24.3 Å². The largest absolute Gasteiger partial charge is 0.497 e. The summed E-state index contributed by atoms with van der Waals surface area (Å²) < 4.78 is 5.19. The van der Waals surface area contributed by atoms with Gasteiger partial charge in [-0.25, -0.2) is 0 Å². The number of ether oxygens (including phenoxy) is 1. The summed E-state index contributed by atoms with van der Waals surface area (Å²) in [4.78, 5) is 4.92. The minimum Gasteiger partial charge on any atom is -0.497 e. The molecule has 1 aliphatic heterocycles. The minimum absolute atomic E-state index is 0.305. The number of hydrogen-bond acceptors (Lipinski definition) is 4. The lowest BCUT2D eigenvalue weighted by Crippen LogP contribution is -2.46. The Balaban J connectivity index is 1.71. The van der Waals surface area contributed by atoms with Gasteiger partial charge < -0.3 is 15.4 Å². The lowest BCUT2D eigenvalue weighted by atomic mass is 10.2. The summed E-state index contributed by atoms with van der Waals surface area (Å²) >= 11 is 0. The average Bonchev–Trinajstić information content (AvgIpc) is 2.52. The fourth-order valence-electron chi connectivity index (χ4n) is 2.67. The van der Waals surface area contributed by atoms with Crippen LogP contribution >= 0.6 is 0 Å². The summed E-state index contributed by atoms with van der Waals surface area (Å²) in [5.41, 5.74) is 6.64. The Bertz CT molecular complexity index is 438. The van der Waals surface area contributed by atoms with Crippen LogP contribution < -0.4 is 15.4 Å². The number of amidine groups is 1. The number of nitrogens with two attached hydrogens (primary N) is 1. The average molecular weight is 290 g/mol. The molecule has 0 spiro atoms. The summed E-state index contributed by atoms with van der Waals surface area (Å²) in [5.74, 6) is 1.21. The predicted octanol–water partition coefficient (Wildman–Crippen LogP) is 1.92. The Morgan fingerprint density at radius 2 is 1.81 bits per heavy atom. The zero-order chi connectivity index (χ0) is 15.1. The van der Waals surface area contributed by atoms with E-state index in [4.69, 9.17) is 15.9 Å². The molecular weight excluding hydrogens is 264 g/mol. The number of anilines is 1. The number of unbranched alkanes of at least 4 members (excludes halogenated alkanes) is 1. The molecule has 1 aliphatic rings. The van der Waals surface area contributed by atoms with Crippen molar-refractivity contribution >= 4 is 11.5 Å². The van der Waals surface area contributed by atoms with Gasteiger partial charge in [-0.2, -0.15) is 0 Å². The standard InChI is InChI=1S/C16H26N4O/c1-21-15-7-5-14(6-8-15)20-12-10-19(11-13-20)9-3-2-4-16(17)18/h5-8H,2-4,9-13H2,1H3,(H3,17,18). The second-order valence-corrected chi connectivity index (χ2v) is 5.51. The number of methoxy groups -OCH3 is 1. The molecule has 0 unspecified atom stereocenters. The van der Waals surface area contributed by atoms with E-state index < -0.39 is 0 Å². The van der Waals surface area contributed by atoms with Gasteiger partial charge in [0, 0.05) is 38.3 Å². The molecule has 1 aromatic carbocycles. The van der Waals surface area contributed by atoms with E-state index in [1.54, 1.807) is 7.11 Å². The van der Waals surface area contributed by atoms with Crippen molar-refractivity contribution < 1.29 is 4.74 Å². The van der Waals surface area contributed by atoms with Crippen molar-refractivity contribution in [1.29, 1.82) is 5.41 Å². The fourth-order valence-corrected chi connectivity index (χ4v) is 2.67. The normalized spacial score (nSPS) is 16.0. The lowest BCUT2D eigenvalue weighted by molar-refractivity contribution is 0.253. The van der Waals surface area contributed by atoms with E-state index in [0.29, 0.717) is 5.84 Å². The quantitative estimate of drug-likeness (QED) is 0.457. The molecule has 0 radical (unpaired) electrons.